The third kappa shape index (κ3) is 5.06. The van der Waals surface area contributed by atoms with E-state index in [1.165, 1.54) is 0 Å². The molecule has 1 heterocycles. The quantitative estimate of drug-likeness (QED) is 0.601. The number of rotatable bonds is 9. The van der Waals surface area contributed by atoms with Crippen LogP contribution in [0.3, 0.4) is 0 Å². The first-order chi connectivity index (χ1) is 14.0. The Labute approximate surface area is 169 Å². The number of hydrogen-bond acceptors (Lipinski definition) is 5. The molecule has 1 atom stereocenters. The third-order valence-electron chi connectivity index (χ3n) is 4.98. The number of likely N-dealkylation sites (N-methyl/N-ethyl adjacent to an activating group) is 1. The second-order valence-corrected chi connectivity index (χ2v) is 7.15. The van der Waals surface area contributed by atoms with Crippen LogP contribution in [-0.2, 0) is 11.3 Å². The van der Waals surface area contributed by atoms with Crippen molar-refractivity contribution in [3.8, 4) is 5.75 Å². The Kier molecular flexibility index (Phi) is 6.72. The number of oxazole rings is 1. The topological polar surface area (TPSA) is 76.7 Å². The van der Waals surface area contributed by atoms with Crippen LogP contribution in [0.2, 0.25) is 0 Å². The molecule has 0 aliphatic heterocycles. The van der Waals surface area contributed by atoms with Gasteiger partial charge in [0, 0.05) is 19.5 Å². The second-order valence-electron chi connectivity index (χ2n) is 7.15. The van der Waals surface area contributed by atoms with Crippen LogP contribution in [0, 0.1) is 0 Å². The van der Waals surface area contributed by atoms with Gasteiger partial charge in [-0.05, 0) is 50.3 Å². The van der Waals surface area contributed by atoms with Crippen molar-refractivity contribution < 1.29 is 13.9 Å². The Morgan fingerprint density at radius 1 is 1.17 bits per heavy atom. The van der Waals surface area contributed by atoms with Gasteiger partial charge < -0.3 is 19.4 Å². The van der Waals surface area contributed by atoms with Gasteiger partial charge in [0.2, 0.25) is 5.91 Å². The van der Waals surface area contributed by atoms with E-state index >= 15 is 0 Å². The van der Waals surface area contributed by atoms with Crippen molar-refractivity contribution in [2.75, 3.05) is 27.7 Å². The standard InChI is InChI=1S/C22H27N3O4/c1-24(2)19(16-10-12-17(28-3)13-11-16)15-23-21(26)9-6-14-25-18-7-4-5-8-20(18)29-22(25)27/h4-5,7-8,10-13,19H,6,9,14-15H2,1-3H3,(H,23,26). The minimum atomic E-state index is -0.390. The summed E-state index contributed by atoms with van der Waals surface area (Å²) in [4.78, 5) is 26.4. The molecule has 0 spiro atoms. The van der Waals surface area contributed by atoms with Gasteiger partial charge in [-0.1, -0.05) is 24.3 Å². The fourth-order valence-electron chi connectivity index (χ4n) is 3.35. The van der Waals surface area contributed by atoms with Crippen molar-refractivity contribution in [1.82, 2.24) is 14.8 Å². The number of methoxy groups -OCH3 is 1. The molecule has 29 heavy (non-hydrogen) atoms. The second kappa shape index (κ2) is 9.43. The zero-order chi connectivity index (χ0) is 20.8. The van der Waals surface area contributed by atoms with Gasteiger partial charge in [-0.25, -0.2) is 4.79 Å². The molecule has 1 amide bonds. The molecule has 0 radical (unpaired) electrons. The maximum atomic E-state index is 12.3. The predicted octanol–water partition coefficient (Wildman–Crippen LogP) is 2.80. The fourth-order valence-corrected chi connectivity index (χ4v) is 3.35. The first-order valence-electron chi connectivity index (χ1n) is 9.65. The number of para-hydroxylation sites is 2. The van der Waals surface area contributed by atoms with Crippen LogP contribution in [0.4, 0.5) is 0 Å². The van der Waals surface area contributed by atoms with E-state index in [1.54, 1.807) is 17.7 Å². The highest BCUT2D eigenvalue weighted by Gasteiger charge is 2.16. The van der Waals surface area contributed by atoms with Gasteiger partial charge in [0.25, 0.3) is 0 Å². The van der Waals surface area contributed by atoms with E-state index in [1.807, 2.05) is 56.6 Å². The zero-order valence-corrected chi connectivity index (χ0v) is 17.1. The lowest BCUT2D eigenvalue weighted by atomic mass is 10.1. The van der Waals surface area contributed by atoms with Crippen LogP contribution in [0.5, 0.6) is 5.75 Å². The molecule has 0 saturated heterocycles. The maximum Gasteiger partial charge on any atom is 0.419 e. The number of aromatic nitrogens is 1. The number of aryl methyl sites for hydroxylation is 1. The van der Waals surface area contributed by atoms with Crippen LogP contribution in [0.1, 0.15) is 24.4 Å². The van der Waals surface area contributed by atoms with Crippen LogP contribution in [0.25, 0.3) is 11.1 Å². The number of carbonyl (C=O) groups is 1. The summed E-state index contributed by atoms with van der Waals surface area (Å²) >= 11 is 0. The number of carbonyl (C=O) groups excluding carboxylic acids is 1. The van der Waals surface area contributed by atoms with Crippen molar-refractivity contribution in [2.24, 2.45) is 0 Å². The number of amides is 1. The molecule has 0 aliphatic carbocycles. The van der Waals surface area contributed by atoms with Gasteiger partial charge in [-0.2, -0.15) is 0 Å². The van der Waals surface area contributed by atoms with E-state index in [-0.39, 0.29) is 11.9 Å². The van der Waals surface area contributed by atoms with Crippen LogP contribution in [-0.4, -0.2) is 43.1 Å². The molecular weight excluding hydrogens is 370 g/mol. The molecule has 2 aromatic carbocycles. The Morgan fingerprint density at radius 2 is 1.90 bits per heavy atom. The van der Waals surface area contributed by atoms with Crippen molar-refractivity contribution in [2.45, 2.75) is 25.4 Å². The zero-order valence-electron chi connectivity index (χ0n) is 17.1. The number of hydrogen-bond donors (Lipinski definition) is 1. The van der Waals surface area contributed by atoms with Gasteiger partial charge in [-0.3, -0.25) is 9.36 Å². The number of benzene rings is 2. The van der Waals surface area contributed by atoms with Gasteiger partial charge in [0.1, 0.15) is 5.75 Å². The first kappa shape index (κ1) is 20.7. The summed E-state index contributed by atoms with van der Waals surface area (Å²) in [7, 11) is 5.61. The smallest absolute Gasteiger partial charge is 0.419 e. The Hall–Kier alpha value is -3.06. The summed E-state index contributed by atoms with van der Waals surface area (Å²) < 4.78 is 12.0. The average molecular weight is 397 g/mol. The Morgan fingerprint density at radius 3 is 2.59 bits per heavy atom. The normalized spacial score (nSPS) is 12.3. The van der Waals surface area contributed by atoms with E-state index in [9.17, 15) is 9.59 Å². The van der Waals surface area contributed by atoms with E-state index < -0.39 is 5.76 Å². The van der Waals surface area contributed by atoms with Gasteiger partial charge in [0.15, 0.2) is 5.58 Å². The molecule has 1 N–H and O–H groups in total. The van der Waals surface area contributed by atoms with Crippen molar-refractivity contribution >= 4 is 17.0 Å². The predicted molar refractivity (Wildman–Crippen MR) is 112 cm³/mol. The minimum absolute atomic E-state index is 0.0359. The highest BCUT2D eigenvalue weighted by Crippen LogP contribution is 2.20. The minimum Gasteiger partial charge on any atom is -0.497 e. The third-order valence-corrected chi connectivity index (χ3v) is 4.98. The molecule has 3 rings (SSSR count). The van der Waals surface area contributed by atoms with Crippen LogP contribution >= 0.6 is 0 Å². The number of fused-ring (bicyclic) bond motifs is 1. The molecule has 0 saturated carbocycles. The lowest BCUT2D eigenvalue weighted by Gasteiger charge is -2.25. The monoisotopic (exact) mass is 397 g/mol. The molecule has 0 bridgehead atoms. The van der Waals surface area contributed by atoms with Crippen molar-refractivity contribution in [3.63, 3.8) is 0 Å². The maximum absolute atomic E-state index is 12.3. The molecule has 7 nitrogen and oxygen atoms in total. The lowest BCUT2D eigenvalue weighted by molar-refractivity contribution is -0.121. The molecule has 0 aliphatic rings. The van der Waals surface area contributed by atoms with Crippen molar-refractivity contribution in [3.05, 3.63) is 64.6 Å². The molecule has 1 unspecified atom stereocenters. The molecule has 0 fully saturated rings. The summed E-state index contributed by atoms with van der Waals surface area (Å²) in [6, 6.07) is 15.2. The molecular formula is C22H27N3O4. The summed E-state index contributed by atoms with van der Waals surface area (Å²) in [5, 5.41) is 3.00. The van der Waals surface area contributed by atoms with E-state index in [2.05, 4.69) is 10.2 Å². The summed E-state index contributed by atoms with van der Waals surface area (Å²) in [6.45, 7) is 0.950. The van der Waals surface area contributed by atoms with Crippen LogP contribution < -0.4 is 15.8 Å². The number of nitrogens with one attached hydrogen (secondary N) is 1. The fraction of sp³-hybridized carbons (Fsp3) is 0.364. The molecule has 154 valence electrons. The van der Waals surface area contributed by atoms with Crippen molar-refractivity contribution in [1.29, 1.82) is 0 Å². The largest absolute Gasteiger partial charge is 0.497 e. The highest BCUT2D eigenvalue weighted by atomic mass is 16.5. The first-order valence-corrected chi connectivity index (χ1v) is 9.65. The Bertz CT molecular complexity index is 1000. The average Bonchev–Trinajstić information content (AvgIpc) is 3.03. The highest BCUT2D eigenvalue weighted by molar-refractivity contribution is 5.76. The summed E-state index contributed by atoms with van der Waals surface area (Å²) in [6.07, 6.45) is 0.902. The summed E-state index contributed by atoms with van der Waals surface area (Å²) in [5.74, 6) is 0.377. The van der Waals surface area contributed by atoms with Gasteiger partial charge >= 0.3 is 5.76 Å². The number of ether oxygens (including phenoxy) is 1. The van der Waals surface area contributed by atoms with E-state index in [0.29, 0.717) is 31.5 Å². The van der Waals surface area contributed by atoms with Gasteiger partial charge in [0.05, 0.1) is 18.7 Å². The van der Waals surface area contributed by atoms with Crippen LogP contribution in [0.15, 0.2) is 57.7 Å². The SMILES string of the molecule is COc1ccc(C(CNC(=O)CCCn2c(=O)oc3ccccc32)N(C)C)cc1. The number of nitrogens with zero attached hydrogens (tertiary/aromatic N) is 2. The van der Waals surface area contributed by atoms with E-state index in [4.69, 9.17) is 9.15 Å². The van der Waals surface area contributed by atoms with E-state index in [0.717, 1.165) is 16.8 Å². The lowest BCUT2D eigenvalue weighted by Crippen LogP contribution is -2.34. The Balaban J connectivity index is 1.52. The summed E-state index contributed by atoms with van der Waals surface area (Å²) in [5.41, 5.74) is 2.42. The molecule has 3 aromatic rings. The van der Waals surface area contributed by atoms with Gasteiger partial charge in [-0.15, -0.1) is 0 Å². The molecule has 7 heteroatoms. The molecule has 1 aromatic heterocycles.